The second-order valence-electron chi connectivity index (χ2n) is 4.31. The first-order valence-corrected chi connectivity index (χ1v) is 6.93. The van der Waals surface area contributed by atoms with Crippen molar-refractivity contribution in [3.8, 4) is 0 Å². The third-order valence-corrected chi connectivity index (χ3v) is 5.39. The van der Waals surface area contributed by atoms with Crippen LogP contribution in [0, 0.1) is 0 Å². The molecule has 2 aliphatic rings. The maximum atomic E-state index is 11.9. The van der Waals surface area contributed by atoms with Gasteiger partial charge in [0.25, 0.3) is 0 Å². The summed E-state index contributed by atoms with van der Waals surface area (Å²) >= 11 is 0. The molecule has 16 heavy (non-hydrogen) atoms. The molecule has 0 aromatic carbocycles. The van der Waals surface area contributed by atoms with E-state index in [4.69, 9.17) is 5.11 Å². The van der Waals surface area contributed by atoms with Crippen molar-refractivity contribution in [1.82, 2.24) is 9.21 Å². The smallest absolute Gasteiger partial charge is 0.317 e. The van der Waals surface area contributed by atoms with Crippen LogP contribution in [0.15, 0.2) is 0 Å². The second kappa shape index (κ2) is 4.31. The highest BCUT2D eigenvalue weighted by atomic mass is 32.2. The van der Waals surface area contributed by atoms with Crippen LogP contribution in [0.1, 0.15) is 12.8 Å². The van der Waals surface area contributed by atoms with Crippen LogP contribution < -0.4 is 0 Å². The molecule has 0 unspecified atom stereocenters. The maximum absolute atomic E-state index is 11.9. The molecule has 1 saturated carbocycles. The minimum absolute atomic E-state index is 0.00266. The molecule has 0 radical (unpaired) electrons. The lowest BCUT2D eigenvalue weighted by molar-refractivity contribution is -0.138. The summed E-state index contributed by atoms with van der Waals surface area (Å²) in [6, 6.07) is 0. The summed E-state index contributed by atoms with van der Waals surface area (Å²) < 4.78 is 25.2. The lowest BCUT2D eigenvalue weighted by Gasteiger charge is -2.33. The highest BCUT2D eigenvalue weighted by molar-refractivity contribution is 7.90. The van der Waals surface area contributed by atoms with E-state index in [2.05, 4.69) is 0 Å². The Morgan fingerprint density at radius 2 is 1.75 bits per heavy atom. The van der Waals surface area contributed by atoms with Gasteiger partial charge in [0, 0.05) is 26.2 Å². The Labute approximate surface area is 94.9 Å². The predicted octanol–water partition coefficient (Wildman–Crippen LogP) is -0.819. The second-order valence-corrected chi connectivity index (χ2v) is 6.53. The zero-order chi connectivity index (χ0) is 11.8. The van der Waals surface area contributed by atoms with E-state index in [9.17, 15) is 13.2 Å². The summed E-state index contributed by atoms with van der Waals surface area (Å²) in [7, 11) is -3.08. The summed E-state index contributed by atoms with van der Waals surface area (Å²) in [6.45, 7) is 1.87. The van der Waals surface area contributed by atoms with Gasteiger partial charge in [-0.25, -0.2) is 8.42 Å². The van der Waals surface area contributed by atoms with Crippen molar-refractivity contribution in [2.45, 2.75) is 18.1 Å². The average Bonchev–Trinajstić information content (AvgIpc) is 3.00. The first-order valence-electron chi connectivity index (χ1n) is 5.43. The molecule has 92 valence electrons. The number of nitrogens with zero attached hydrogens (tertiary/aromatic N) is 2. The Kier molecular flexibility index (Phi) is 3.18. The van der Waals surface area contributed by atoms with Crippen LogP contribution in [-0.4, -0.2) is 66.7 Å². The molecule has 0 spiro atoms. The Bertz CT molecular complexity index is 369. The van der Waals surface area contributed by atoms with Crippen LogP contribution >= 0.6 is 0 Å². The molecule has 6 nitrogen and oxygen atoms in total. The standard InChI is InChI=1S/C9H16N2O4S/c12-9(13)7-10-3-5-11(6-4-10)16(14,15)8-1-2-8/h8H,1-7H2,(H,12,13). The van der Waals surface area contributed by atoms with Crippen LogP contribution in [0.3, 0.4) is 0 Å². The Morgan fingerprint density at radius 1 is 1.19 bits per heavy atom. The van der Waals surface area contributed by atoms with Crippen LogP contribution in [-0.2, 0) is 14.8 Å². The van der Waals surface area contributed by atoms with Crippen molar-refractivity contribution in [3.05, 3.63) is 0 Å². The van der Waals surface area contributed by atoms with Gasteiger partial charge in [-0.2, -0.15) is 4.31 Å². The molecule has 2 rings (SSSR count). The number of hydrogen-bond donors (Lipinski definition) is 1. The van der Waals surface area contributed by atoms with E-state index in [1.807, 2.05) is 0 Å². The van der Waals surface area contributed by atoms with Gasteiger partial charge >= 0.3 is 5.97 Å². The van der Waals surface area contributed by atoms with Crippen molar-refractivity contribution < 1.29 is 18.3 Å². The van der Waals surface area contributed by atoms with Crippen molar-refractivity contribution >= 4 is 16.0 Å². The van der Waals surface area contributed by atoms with Crippen molar-refractivity contribution in [2.24, 2.45) is 0 Å². The van der Waals surface area contributed by atoms with Crippen molar-refractivity contribution in [3.63, 3.8) is 0 Å². The first-order chi connectivity index (χ1) is 7.50. The van der Waals surface area contributed by atoms with Gasteiger partial charge in [-0.1, -0.05) is 0 Å². The SMILES string of the molecule is O=C(O)CN1CCN(S(=O)(=O)C2CC2)CC1. The summed E-state index contributed by atoms with van der Waals surface area (Å²) in [4.78, 5) is 12.3. The molecule has 0 amide bonds. The summed E-state index contributed by atoms with van der Waals surface area (Å²) in [5.41, 5.74) is 0. The van der Waals surface area contributed by atoms with E-state index in [0.717, 1.165) is 12.8 Å². The van der Waals surface area contributed by atoms with E-state index in [1.54, 1.807) is 4.90 Å². The third kappa shape index (κ3) is 2.53. The third-order valence-electron chi connectivity index (χ3n) is 3.00. The number of carboxylic acids is 1. The van der Waals surface area contributed by atoms with E-state index in [-0.39, 0.29) is 11.8 Å². The van der Waals surface area contributed by atoms with E-state index >= 15 is 0 Å². The number of carboxylic acid groups (broad SMARTS) is 1. The molecule has 0 aromatic heterocycles. The number of carbonyl (C=O) groups is 1. The highest BCUT2D eigenvalue weighted by Crippen LogP contribution is 2.31. The zero-order valence-electron chi connectivity index (χ0n) is 9.00. The monoisotopic (exact) mass is 248 g/mol. The van der Waals surface area contributed by atoms with Crippen molar-refractivity contribution in [1.29, 1.82) is 0 Å². The number of piperazine rings is 1. The first kappa shape index (κ1) is 11.8. The summed E-state index contributed by atoms with van der Waals surface area (Å²) in [5.74, 6) is -0.862. The fourth-order valence-electron chi connectivity index (χ4n) is 1.91. The molecule has 0 atom stereocenters. The van der Waals surface area contributed by atoms with E-state index in [0.29, 0.717) is 26.2 Å². The van der Waals surface area contributed by atoms with Gasteiger partial charge < -0.3 is 5.11 Å². The van der Waals surface area contributed by atoms with Gasteiger partial charge in [-0.15, -0.1) is 0 Å². The number of aliphatic carboxylic acids is 1. The maximum Gasteiger partial charge on any atom is 0.317 e. The molecule has 1 aliphatic heterocycles. The van der Waals surface area contributed by atoms with Crippen LogP contribution in [0.25, 0.3) is 0 Å². The molecule has 7 heteroatoms. The van der Waals surface area contributed by atoms with Gasteiger partial charge in [0.1, 0.15) is 0 Å². The van der Waals surface area contributed by atoms with Gasteiger partial charge in [0.05, 0.1) is 11.8 Å². The van der Waals surface area contributed by atoms with Crippen LogP contribution in [0.4, 0.5) is 0 Å². The number of hydrogen-bond acceptors (Lipinski definition) is 4. The Balaban J connectivity index is 1.87. The highest BCUT2D eigenvalue weighted by Gasteiger charge is 2.40. The summed E-state index contributed by atoms with van der Waals surface area (Å²) in [6.07, 6.45) is 1.55. The fourth-order valence-corrected chi connectivity index (χ4v) is 3.74. The van der Waals surface area contributed by atoms with Crippen LogP contribution in [0.5, 0.6) is 0 Å². The molecular formula is C9H16N2O4S. The largest absolute Gasteiger partial charge is 0.480 e. The minimum atomic E-state index is -3.08. The van der Waals surface area contributed by atoms with Crippen molar-refractivity contribution in [2.75, 3.05) is 32.7 Å². The van der Waals surface area contributed by atoms with Gasteiger partial charge in [-0.05, 0) is 12.8 Å². The predicted molar refractivity (Wildman–Crippen MR) is 57.6 cm³/mol. The van der Waals surface area contributed by atoms with E-state index < -0.39 is 16.0 Å². The Hall–Kier alpha value is -0.660. The van der Waals surface area contributed by atoms with Gasteiger partial charge in [0.15, 0.2) is 0 Å². The van der Waals surface area contributed by atoms with Gasteiger partial charge in [-0.3, -0.25) is 9.69 Å². The summed E-state index contributed by atoms with van der Waals surface area (Å²) in [5, 5.41) is 8.45. The lowest BCUT2D eigenvalue weighted by atomic mass is 10.3. The number of rotatable bonds is 4. The van der Waals surface area contributed by atoms with E-state index in [1.165, 1.54) is 4.31 Å². The molecule has 1 N–H and O–H groups in total. The molecule has 1 saturated heterocycles. The minimum Gasteiger partial charge on any atom is -0.480 e. The molecule has 1 aliphatic carbocycles. The average molecular weight is 248 g/mol. The quantitative estimate of drug-likeness (QED) is 0.703. The lowest BCUT2D eigenvalue weighted by Crippen LogP contribution is -2.50. The molecule has 0 bridgehead atoms. The number of sulfonamides is 1. The molecular weight excluding hydrogens is 232 g/mol. The molecule has 0 aromatic rings. The molecule has 2 fully saturated rings. The van der Waals surface area contributed by atoms with Gasteiger partial charge in [0.2, 0.25) is 10.0 Å². The Morgan fingerprint density at radius 3 is 2.19 bits per heavy atom. The molecule has 1 heterocycles. The fraction of sp³-hybridized carbons (Fsp3) is 0.889. The normalized spacial score (nSPS) is 24.5. The van der Waals surface area contributed by atoms with Crippen LogP contribution in [0.2, 0.25) is 0 Å². The zero-order valence-corrected chi connectivity index (χ0v) is 9.82. The topological polar surface area (TPSA) is 77.9 Å².